The van der Waals surface area contributed by atoms with Crippen molar-refractivity contribution >= 4 is 23.4 Å². The summed E-state index contributed by atoms with van der Waals surface area (Å²) < 4.78 is 1.69. The van der Waals surface area contributed by atoms with Crippen molar-refractivity contribution in [2.45, 2.75) is 19.1 Å². The van der Waals surface area contributed by atoms with Crippen LogP contribution in [-0.2, 0) is 12.8 Å². The van der Waals surface area contributed by atoms with Crippen LogP contribution in [0.25, 0.3) is 0 Å². The van der Waals surface area contributed by atoms with Crippen molar-refractivity contribution in [3.63, 3.8) is 0 Å². The molecule has 0 aromatic carbocycles. The van der Waals surface area contributed by atoms with Crippen molar-refractivity contribution in [2.24, 2.45) is 7.05 Å². The standard InChI is InChI=1S/C9H15ClN2OS/c1-7-8(6-14-5-3-4-13)9(10)12(2)11-7/h13H,3-6H2,1-2H3. The number of nitrogens with zero attached hydrogens (tertiary/aromatic N) is 2. The summed E-state index contributed by atoms with van der Waals surface area (Å²) in [4.78, 5) is 0. The monoisotopic (exact) mass is 234 g/mol. The number of aromatic nitrogens is 2. The molecule has 1 rings (SSSR count). The Morgan fingerprint density at radius 2 is 2.29 bits per heavy atom. The molecule has 0 amide bonds. The Bertz CT molecular complexity index is 301. The molecule has 3 nitrogen and oxygen atoms in total. The lowest BCUT2D eigenvalue weighted by Gasteiger charge is -2.00. The fourth-order valence-electron chi connectivity index (χ4n) is 1.18. The van der Waals surface area contributed by atoms with Crippen molar-refractivity contribution in [3.8, 4) is 0 Å². The van der Waals surface area contributed by atoms with Gasteiger partial charge in [-0.15, -0.1) is 0 Å². The van der Waals surface area contributed by atoms with E-state index in [4.69, 9.17) is 16.7 Å². The lowest BCUT2D eigenvalue weighted by molar-refractivity contribution is 0.296. The number of aliphatic hydroxyl groups excluding tert-OH is 1. The first kappa shape index (κ1) is 11.9. The van der Waals surface area contributed by atoms with Gasteiger partial charge in [0, 0.05) is 25.0 Å². The zero-order valence-corrected chi connectivity index (χ0v) is 10.0. The fourth-order valence-corrected chi connectivity index (χ4v) is 2.53. The first-order valence-corrected chi connectivity index (χ1v) is 6.06. The van der Waals surface area contributed by atoms with Gasteiger partial charge in [0.05, 0.1) is 5.69 Å². The number of halogens is 1. The third-order valence-corrected chi connectivity index (χ3v) is 3.51. The molecule has 14 heavy (non-hydrogen) atoms. The maximum Gasteiger partial charge on any atom is 0.131 e. The second-order valence-electron chi connectivity index (χ2n) is 3.11. The fraction of sp³-hybridized carbons (Fsp3) is 0.667. The molecule has 5 heteroatoms. The van der Waals surface area contributed by atoms with Gasteiger partial charge in [-0.05, 0) is 19.1 Å². The van der Waals surface area contributed by atoms with Gasteiger partial charge in [-0.2, -0.15) is 16.9 Å². The summed E-state index contributed by atoms with van der Waals surface area (Å²) >= 11 is 7.84. The summed E-state index contributed by atoms with van der Waals surface area (Å²) in [6.45, 7) is 2.22. The number of aryl methyl sites for hydroxylation is 2. The van der Waals surface area contributed by atoms with E-state index >= 15 is 0 Å². The third-order valence-electron chi connectivity index (χ3n) is 1.96. The van der Waals surface area contributed by atoms with Crippen LogP contribution in [0.3, 0.4) is 0 Å². The normalized spacial score (nSPS) is 10.9. The van der Waals surface area contributed by atoms with Crippen LogP contribution in [0, 0.1) is 6.92 Å². The Morgan fingerprint density at radius 3 is 2.79 bits per heavy atom. The molecule has 1 aromatic heterocycles. The SMILES string of the molecule is Cc1nn(C)c(Cl)c1CSCCCO. The molecule has 0 aliphatic heterocycles. The van der Waals surface area contributed by atoms with E-state index in [1.165, 1.54) is 0 Å². The molecular weight excluding hydrogens is 220 g/mol. The van der Waals surface area contributed by atoms with E-state index in [-0.39, 0.29) is 6.61 Å². The number of hydrogen-bond donors (Lipinski definition) is 1. The first-order valence-electron chi connectivity index (χ1n) is 4.53. The zero-order chi connectivity index (χ0) is 10.6. The Balaban J connectivity index is 2.49. The summed E-state index contributed by atoms with van der Waals surface area (Å²) in [5, 5.41) is 13.6. The second kappa shape index (κ2) is 5.63. The van der Waals surface area contributed by atoms with Crippen LogP contribution in [0.4, 0.5) is 0 Å². The average Bonchev–Trinajstić information content (AvgIpc) is 2.38. The predicted molar refractivity (Wildman–Crippen MR) is 60.8 cm³/mol. The van der Waals surface area contributed by atoms with Gasteiger partial charge in [-0.25, -0.2) is 0 Å². The van der Waals surface area contributed by atoms with Crippen molar-refractivity contribution in [3.05, 3.63) is 16.4 Å². The van der Waals surface area contributed by atoms with E-state index < -0.39 is 0 Å². The highest BCUT2D eigenvalue weighted by Crippen LogP contribution is 2.23. The zero-order valence-electron chi connectivity index (χ0n) is 8.46. The van der Waals surface area contributed by atoms with Crippen LogP contribution in [-0.4, -0.2) is 27.2 Å². The summed E-state index contributed by atoms with van der Waals surface area (Å²) in [5.41, 5.74) is 2.10. The molecule has 1 heterocycles. The second-order valence-corrected chi connectivity index (χ2v) is 4.57. The maximum atomic E-state index is 8.62. The highest BCUT2D eigenvalue weighted by Gasteiger charge is 2.10. The van der Waals surface area contributed by atoms with Crippen molar-refractivity contribution in [1.29, 1.82) is 0 Å². The highest BCUT2D eigenvalue weighted by molar-refractivity contribution is 7.98. The third kappa shape index (κ3) is 2.90. The van der Waals surface area contributed by atoms with E-state index in [1.807, 2.05) is 14.0 Å². The average molecular weight is 235 g/mol. The van der Waals surface area contributed by atoms with Gasteiger partial charge in [-0.3, -0.25) is 4.68 Å². The molecule has 0 saturated carbocycles. The number of thioether (sulfide) groups is 1. The van der Waals surface area contributed by atoms with Crippen LogP contribution in [0.1, 0.15) is 17.7 Å². The Labute approximate surface area is 93.4 Å². The molecule has 1 N–H and O–H groups in total. The topological polar surface area (TPSA) is 38.0 Å². The summed E-state index contributed by atoms with van der Waals surface area (Å²) in [6, 6.07) is 0. The van der Waals surface area contributed by atoms with Crippen LogP contribution in [0.2, 0.25) is 5.15 Å². The van der Waals surface area contributed by atoms with E-state index in [1.54, 1.807) is 16.4 Å². The molecule has 0 radical (unpaired) electrons. The lowest BCUT2D eigenvalue weighted by Crippen LogP contribution is -1.90. The quantitative estimate of drug-likeness (QED) is 0.792. The van der Waals surface area contributed by atoms with Gasteiger partial charge in [-0.1, -0.05) is 11.6 Å². The van der Waals surface area contributed by atoms with Gasteiger partial charge in [0.15, 0.2) is 0 Å². The first-order chi connectivity index (χ1) is 6.66. The molecule has 0 unspecified atom stereocenters. The number of aliphatic hydroxyl groups is 1. The smallest absolute Gasteiger partial charge is 0.131 e. The minimum atomic E-state index is 0.257. The Hall–Kier alpha value is -0.190. The molecule has 0 aliphatic carbocycles. The Morgan fingerprint density at radius 1 is 1.57 bits per heavy atom. The predicted octanol–water partition coefficient (Wildman–Crippen LogP) is 2.00. The minimum absolute atomic E-state index is 0.257. The Kier molecular flexibility index (Phi) is 4.78. The van der Waals surface area contributed by atoms with Crippen LogP contribution in [0.15, 0.2) is 0 Å². The van der Waals surface area contributed by atoms with Crippen LogP contribution < -0.4 is 0 Å². The molecule has 0 spiro atoms. The highest BCUT2D eigenvalue weighted by atomic mass is 35.5. The summed E-state index contributed by atoms with van der Waals surface area (Å²) in [7, 11) is 1.84. The van der Waals surface area contributed by atoms with Crippen molar-refractivity contribution in [1.82, 2.24) is 9.78 Å². The van der Waals surface area contributed by atoms with Gasteiger partial charge in [0.25, 0.3) is 0 Å². The molecule has 0 bridgehead atoms. The lowest BCUT2D eigenvalue weighted by atomic mass is 10.3. The molecule has 1 aromatic rings. The van der Waals surface area contributed by atoms with Gasteiger partial charge >= 0.3 is 0 Å². The molecule has 0 saturated heterocycles. The van der Waals surface area contributed by atoms with Crippen LogP contribution >= 0.6 is 23.4 Å². The summed E-state index contributed by atoms with van der Waals surface area (Å²) in [6.07, 6.45) is 0.835. The maximum absolute atomic E-state index is 8.62. The van der Waals surface area contributed by atoms with E-state index in [0.717, 1.165) is 34.3 Å². The molecule has 0 fully saturated rings. The number of hydrogen-bond acceptors (Lipinski definition) is 3. The molecule has 0 atom stereocenters. The van der Waals surface area contributed by atoms with Gasteiger partial charge in [0.2, 0.25) is 0 Å². The minimum Gasteiger partial charge on any atom is -0.396 e. The molecule has 0 aliphatic rings. The van der Waals surface area contributed by atoms with Gasteiger partial charge in [0.1, 0.15) is 5.15 Å². The van der Waals surface area contributed by atoms with Crippen LogP contribution in [0.5, 0.6) is 0 Å². The molecule has 80 valence electrons. The van der Waals surface area contributed by atoms with E-state index in [9.17, 15) is 0 Å². The van der Waals surface area contributed by atoms with E-state index in [0.29, 0.717) is 0 Å². The largest absolute Gasteiger partial charge is 0.396 e. The van der Waals surface area contributed by atoms with Crippen molar-refractivity contribution < 1.29 is 5.11 Å². The van der Waals surface area contributed by atoms with E-state index in [2.05, 4.69) is 5.10 Å². The van der Waals surface area contributed by atoms with Gasteiger partial charge < -0.3 is 5.11 Å². The number of rotatable bonds is 5. The summed E-state index contributed by atoms with van der Waals surface area (Å²) in [5.74, 6) is 1.83. The molecular formula is C9H15ClN2OS. The van der Waals surface area contributed by atoms with Crippen molar-refractivity contribution in [2.75, 3.05) is 12.4 Å².